The van der Waals surface area contributed by atoms with Gasteiger partial charge in [-0.1, -0.05) is 0 Å². The number of fused-ring (bicyclic) bond motifs is 1. The van der Waals surface area contributed by atoms with E-state index in [1.54, 1.807) is 19.9 Å². The smallest absolute Gasteiger partial charge is 0.328 e. The van der Waals surface area contributed by atoms with Crippen LogP contribution in [0.15, 0.2) is 12.1 Å². The van der Waals surface area contributed by atoms with Gasteiger partial charge in [-0.05, 0) is 25.5 Å². The monoisotopic (exact) mass is 251 g/mol. The largest absolute Gasteiger partial charge is 0.467 e. The van der Waals surface area contributed by atoms with E-state index in [9.17, 15) is 9.18 Å². The Hall–Kier alpha value is -2.11. The predicted molar refractivity (Wildman–Crippen MR) is 65.6 cm³/mol. The number of hydrogen-bond acceptors (Lipinski definition) is 4. The van der Waals surface area contributed by atoms with Gasteiger partial charge in [0.2, 0.25) is 5.95 Å². The number of benzene rings is 1. The van der Waals surface area contributed by atoms with Crippen molar-refractivity contribution < 1.29 is 13.9 Å². The Morgan fingerprint density at radius 2 is 2.22 bits per heavy atom. The lowest BCUT2D eigenvalue weighted by molar-refractivity contribution is -0.143. The molecule has 0 aliphatic rings. The molecule has 0 saturated carbocycles. The van der Waals surface area contributed by atoms with Crippen LogP contribution in [0, 0.1) is 12.7 Å². The molecular weight excluding hydrogens is 237 g/mol. The molecule has 1 aromatic heterocycles. The Morgan fingerprint density at radius 1 is 1.56 bits per heavy atom. The van der Waals surface area contributed by atoms with Crippen molar-refractivity contribution in [3.63, 3.8) is 0 Å². The number of esters is 1. The van der Waals surface area contributed by atoms with Crippen LogP contribution < -0.4 is 5.73 Å². The number of halogens is 1. The maximum absolute atomic E-state index is 13.4. The lowest BCUT2D eigenvalue weighted by atomic mass is 10.2. The van der Waals surface area contributed by atoms with Crippen LogP contribution in [0.3, 0.4) is 0 Å². The van der Waals surface area contributed by atoms with Crippen molar-refractivity contribution in [1.82, 2.24) is 9.55 Å². The standard InChI is InChI=1S/C12H14FN3O2/c1-6-4-10-9(5-8(6)13)15-12(14)16(10)7(2)11(17)18-3/h4-5,7H,1-3H3,(H2,14,15). The summed E-state index contributed by atoms with van der Waals surface area (Å²) in [5.41, 5.74) is 7.28. The molecule has 2 aromatic rings. The van der Waals surface area contributed by atoms with Gasteiger partial charge < -0.3 is 10.5 Å². The summed E-state index contributed by atoms with van der Waals surface area (Å²) < 4.78 is 19.6. The van der Waals surface area contributed by atoms with Crippen molar-refractivity contribution in [2.75, 3.05) is 12.8 Å². The Kier molecular flexibility index (Phi) is 2.94. The van der Waals surface area contributed by atoms with Crippen LogP contribution in [0.5, 0.6) is 0 Å². The molecule has 18 heavy (non-hydrogen) atoms. The third kappa shape index (κ3) is 1.79. The number of anilines is 1. The summed E-state index contributed by atoms with van der Waals surface area (Å²) in [5, 5.41) is 0. The van der Waals surface area contributed by atoms with E-state index < -0.39 is 12.0 Å². The number of hydrogen-bond donors (Lipinski definition) is 1. The van der Waals surface area contributed by atoms with Crippen LogP contribution in [-0.2, 0) is 9.53 Å². The van der Waals surface area contributed by atoms with Gasteiger partial charge in [0, 0.05) is 6.07 Å². The minimum Gasteiger partial charge on any atom is -0.467 e. The Balaban J connectivity index is 2.67. The fourth-order valence-corrected chi connectivity index (χ4v) is 1.92. The molecule has 1 atom stereocenters. The van der Waals surface area contributed by atoms with E-state index in [0.717, 1.165) is 0 Å². The number of rotatable bonds is 2. The SMILES string of the molecule is COC(=O)C(C)n1c(N)nc2cc(F)c(C)cc21. The average Bonchev–Trinajstić information content (AvgIpc) is 2.63. The number of carbonyl (C=O) groups excluding carboxylic acids is 1. The molecular formula is C12H14FN3O2. The summed E-state index contributed by atoms with van der Waals surface area (Å²) in [4.78, 5) is 15.6. The van der Waals surface area contributed by atoms with Gasteiger partial charge in [0.15, 0.2) is 0 Å². The highest BCUT2D eigenvalue weighted by Crippen LogP contribution is 2.25. The molecule has 0 aliphatic carbocycles. The Bertz CT molecular complexity index is 621. The normalized spacial score (nSPS) is 12.7. The molecule has 1 aromatic carbocycles. The molecule has 96 valence electrons. The molecule has 2 N–H and O–H groups in total. The highest BCUT2D eigenvalue weighted by Gasteiger charge is 2.21. The molecule has 0 spiro atoms. The van der Waals surface area contributed by atoms with Gasteiger partial charge in [-0.2, -0.15) is 0 Å². The van der Waals surface area contributed by atoms with Gasteiger partial charge >= 0.3 is 5.97 Å². The number of nitrogen functional groups attached to an aromatic ring is 1. The van der Waals surface area contributed by atoms with Crippen LogP contribution in [-0.4, -0.2) is 22.6 Å². The molecule has 0 saturated heterocycles. The molecule has 1 unspecified atom stereocenters. The van der Waals surface area contributed by atoms with Gasteiger partial charge in [-0.15, -0.1) is 0 Å². The van der Waals surface area contributed by atoms with E-state index in [4.69, 9.17) is 5.73 Å². The number of methoxy groups -OCH3 is 1. The van der Waals surface area contributed by atoms with Crippen LogP contribution in [0.4, 0.5) is 10.3 Å². The second kappa shape index (κ2) is 4.29. The summed E-state index contributed by atoms with van der Waals surface area (Å²) >= 11 is 0. The summed E-state index contributed by atoms with van der Waals surface area (Å²) in [6, 6.07) is 2.32. The maximum Gasteiger partial charge on any atom is 0.328 e. The van der Waals surface area contributed by atoms with Gasteiger partial charge in [0.25, 0.3) is 0 Å². The first-order valence-corrected chi connectivity index (χ1v) is 5.47. The van der Waals surface area contributed by atoms with E-state index >= 15 is 0 Å². The molecule has 0 amide bonds. The van der Waals surface area contributed by atoms with Crippen molar-refractivity contribution in [1.29, 1.82) is 0 Å². The number of carbonyl (C=O) groups is 1. The third-order valence-electron chi connectivity index (χ3n) is 2.93. The van der Waals surface area contributed by atoms with Crippen LogP contribution >= 0.6 is 0 Å². The zero-order valence-corrected chi connectivity index (χ0v) is 10.4. The van der Waals surface area contributed by atoms with E-state index in [1.807, 2.05) is 0 Å². The van der Waals surface area contributed by atoms with Crippen molar-refractivity contribution >= 4 is 23.0 Å². The first-order chi connectivity index (χ1) is 8.45. The van der Waals surface area contributed by atoms with Gasteiger partial charge in [0.05, 0.1) is 18.1 Å². The Labute approximate surface area is 103 Å². The molecule has 0 aliphatic heterocycles. The Morgan fingerprint density at radius 3 is 2.83 bits per heavy atom. The fourth-order valence-electron chi connectivity index (χ4n) is 1.92. The quantitative estimate of drug-likeness (QED) is 0.826. The maximum atomic E-state index is 13.4. The molecule has 6 heteroatoms. The molecule has 1 heterocycles. The number of imidazole rings is 1. The zero-order valence-electron chi connectivity index (χ0n) is 10.4. The molecule has 0 fully saturated rings. The molecule has 0 bridgehead atoms. The van der Waals surface area contributed by atoms with Gasteiger partial charge in [-0.3, -0.25) is 4.57 Å². The van der Waals surface area contributed by atoms with Crippen LogP contribution in [0.25, 0.3) is 11.0 Å². The number of nitrogens with zero attached hydrogens (tertiary/aromatic N) is 2. The molecule has 5 nitrogen and oxygen atoms in total. The van der Waals surface area contributed by atoms with Crippen LogP contribution in [0.2, 0.25) is 0 Å². The van der Waals surface area contributed by atoms with Gasteiger partial charge in [0.1, 0.15) is 11.9 Å². The van der Waals surface area contributed by atoms with E-state index in [0.29, 0.717) is 16.6 Å². The summed E-state index contributed by atoms with van der Waals surface area (Å²) in [5.74, 6) is -0.617. The lowest BCUT2D eigenvalue weighted by Crippen LogP contribution is -2.19. The first kappa shape index (κ1) is 12.3. The summed E-state index contributed by atoms with van der Waals surface area (Å²) in [6.45, 7) is 3.30. The van der Waals surface area contributed by atoms with E-state index in [2.05, 4.69) is 9.72 Å². The summed E-state index contributed by atoms with van der Waals surface area (Å²) in [7, 11) is 1.30. The predicted octanol–water partition coefficient (Wildman–Crippen LogP) is 1.80. The van der Waals surface area contributed by atoms with Crippen molar-refractivity contribution in [3.05, 3.63) is 23.5 Å². The number of nitrogens with two attached hydrogens (primary N) is 1. The number of aromatic nitrogens is 2. The second-order valence-corrected chi connectivity index (χ2v) is 4.13. The highest BCUT2D eigenvalue weighted by atomic mass is 19.1. The summed E-state index contributed by atoms with van der Waals surface area (Å²) in [6.07, 6.45) is 0. The first-order valence-electron chi connectivity index (χ1n) is 5.47. The van der Waals surface area contributed by atoms with Crippen molar-refractivity contribution in [3.8, 4) is 0 Å². The second-order valence-electron chi connectivity index (χ2n) is 4.13. The zero-order chi connectivity index (χ0) is 13.4. The van der Waals surface area contributed by atoms with Gasteiger partial charge in [-0.25, -0.2) is 14.2 Å². The number of ether oxygens (including phenoxy) is 1. The van der Waals surface area contributed by atoms with E-state index in [1.165, 1.54) is 17.7 Å². The van der Waals surface area contributed by atoms with Crippen molar-refractivity contribution in [2.24, 2.45) is 0 Å². The fraction of sp³-hybridized carbons (Fsp3) is 0.333. The minimum atomic E-state index is -0.607. The van der Waals surface area contributed by atoms with Crippen LogP contribution in [0.1, 0.15) is 18.5 Å². The third-order valence-corrected chi connectivity index (χ3v) is 2.93. The topological polar surface area (TPSA) is 70.1 Å². The lowest BCUT2D eigenvalue weighted by Gasteiger charge is -2.13. The van der Waals surface area contributed by atoms with E-state index in [-0.39, 0.29) is 11.8 Å². The molecule has 2 rings (SSSR count). The highest BCUT2D eigenvalue weighted by molar-refractivity contribution is 5.83. The average molecular weight is 251 g/mol. The molecule has 0 radical (unpaired) electrons. The number of aryl methyl sites for hydroxylation is 1. The van der Waals surface area contributed by atoms with Crippen molar-refractivity contribution in [2.45, 2.75) is 19.9 Å². The minimum absolute atomic E-state index is 0.160.